The van der Waals surface area contributed by atoms with Crippen molar-refractivity contribution in [2.75, 3.05) is 23.2 Å². The minimum atomic E-state index is -3.08. The molecule has 0 aromatic heterocycles. The van der Waals surface area contributed by atoms with Crippen LogP contribution in [0.3, 0.4) is 0 Å². The number of aliphatic hydroxyl groups is 1. The summed E-state index contributed by atoms with van der Waals surface area (Å²) >= 11 is 0. The molecule has 88 valence electrons. The van der Waals surface area contributed by atoms with Crippen LogP contribution in [0.25, 0.3) is 0 Å². The smallest absolute Gasteiger partial charge is 0.235 e. The van der Waals surface area contributed by atoms with Gasteiger partial charge in [-0.25, -0.2) is 8.42 Å². The first-order valence-corrected chi connectivity index (χ1v) is 6.94. The quantitative estimate of drug-likeness (QED) is 0.850. The van der Waals surface area contributed by atoms with Crippen molar-refractivity contribution in [3.8, 4) is 0 Å². The average Bonchev–Trinajstić information content (AvgIpc) is 2.60. The molecular weight excluding hydrogens is 226 g/mol. The van der Waals surface area contributed by atoms with E-state index in [1.165, 1.54) is 4.31 Å². The molecule has 1 heterocycles. The number of benzene rings is 1. The highest BCUT2D eigenvalue weighted by atomic mass is 32.2. The Bertz CT molecular complexity index is 453. The van der Waals surface area contributed by atoms with Gasteiger partial charge in [-0.05, 0) is 30.5 Å². The van der Waals surface area contributed by atoms with E-state index in [4.69, 9.17) is 5.11 Å². The van der Waals surface area contributed by atoms with Gasteiger partial charge in [0.25, 0.3) is 0 Å². The zero-order valence-electron chi connectivity index (χ0n) is 8.96. The van der Waals surface area contributed by atoms with Gasteiger partial charge in [0.1, 0.15) is 0 Å². The zero-order chi connectivity index (χ0) is 11.6. The molecule has 2 rings (SSSR count). The summed E-state index contributed by atoms with van der Waals surface area (Å²) in [4.78, 5) is 0. The Morgan fingerprint density at radius 1 is 1.25 bits per heavy atom. The van der Waals surface area contributed by atoms with Crippen molar-refractivity contribution < 1.29 is 13.5 Å². The summed E-state index contributed by atoms with van der Waals surface area (Å²) in [5.41, 5.74) is 1.74. The normalized spacial score (nSPS) is 18.9. The third-order valence-corrected chi connectivity index (χ3v) is 4.59. The third-order valence-electron chi connectivity index (χ3n) is 2.72. The van der Waals surface area contributed by atoms with Crippen molar-refractivity contribution in [2.45, 2.75) is 12.8 Å². The number of hydrogen-bond acceptors (Lipinski definition) is 3. The predicted molar refractivity (Wildman–Crippen MR) is 63.0 cm³/mol. The Balaban J connectivity index is 2.22. The monoisotopic (exact) mass is 241 g/mol. The number of hydrogen-bond donors (Lipinski definition) is 1. The summed E-state index contributed by atoms with van der Waals surface area (Å²) in [6, 6.07) is 7.32. The molecule has 1 fully saturated rings. The Hall–Kier alpha value is -1.07. The van der Waals surface area contributed by atoms with E-state index in [2.05, 4.69) is 0 Å². The van der Waals surface area contributed by atoms with Gasteiger partial charge in [0, 0.05) is 13.2 Å². The molecule has 1 aromatic rings. The van der Waals surface area contributed by atoms with Gasteiger partial charge in [-0.3, -0.25) is 4.31 Å². The number of sulfonamides is 1. The number of anilines is 1. The van der Waals surface area contributed by atoms with Crippen LogP contribution in [0.2, 0.25) is 0 Å². The summed E-state index contributed by atoms with van der Waals surface area (Å²) in [5, 5.41) is 8.78. The van der Waals surface area contributed by atoms with E-state index >= 15 is 0 Å². The molecule has 5 heteroatoms. The SMILES string of the molecule is O=S1(=O)CCCN1c1ccc(CCO)cc1. The van der Waals surface area contributed by atoms with Crippen LogP contribution in [0.15, 0.2) is 24.3 Å². The molecular formula is C11H15NO3S. The zero-order valence-corrected chi connectivity index (χ0v) is 9.78. The molecule has 0 bridgehead atoms. The van der Waals surface area contributed by atoms with Gasteiger partial charge in [0.2, 0.25) is 10.0 Å². The van der Waals surface area contributed by atoms with Crippen molar-refractivity contribution in [1.29, 1.82) is 0 Å². The Kier molecular flexibility index (Phi) is 3.16. The van der Waals surface area contributed by atoms with E-state index in [1.807, 2.05) is 12.1 Å². The first-order chi connectivity index (χ1) is 7.63. The van der Waals surface area contributed by atoms with E-state index in [1.54, 1.807) is 12.1 Å². The summed E-state index contributed by atoms with van der Waals surface area (Å²) < 4.78 is 24.8. The summed E-state index contributed by atoms with van der Waals surface area (Å²) in [7, 11) is -3.08. The maximum Gasteiger partial charge on any atom is 0.235 e. The molecule has 0 spiro atoms. The number of rotatable bonds is 3. The largest absolute Gasteiger partial charge is 0.396 e. The van der Waals surface area contributed by atoms with Crippen LogP contribution >= 0.6 is 0 Å². The highest BCUT2D eigenvalue weighted by molar-refractivity contribution is 7.93. The molecule has 1 aromatic carbocycles. The molecule has 0 saturated carbocycles. The Labute approximate surface area is 95.6 Å². The van der Waals surface area contributed by atoms with Gasteiger partial charge >= 0.3 is 0 Å². The van der Waals surface area contributed by atoms with Crippen LogP contribution in [-0.2, 0) is 16.4 Å². The van der Waals surface area contributed by atoms with Crippen LogP contribution in [0.1, 0.15) is 12.0 Å². The van der Waals surface area contributed by atoms with Crippen molar-refractivity contribution in [3.05, 3.63) is 29.8 Å². The Morgan fingerprint density at radius 3 is 2.44 bits per heavy atom. The molecule has 0 unspecified atom stereocenters. The van der Waals surface area contributed by atoms with Gasteiger partial charge < -0.3 is 5.11 Å². The summed E-state index contributed by atoms with van der Waals surface area (Å²) in [5.74, 6) is 0.241. The van der Waals surface area contributed by atoms with E-state index in [0.717, 1.165) is 11.3 Å². The van der Waals surface area contributed by atoms with Crippen LogP contribution in [0.4, 0.5) is 5.69 Å². The first kappa shape index (κ1) is 11.4. The molecule has 0 aliphatic carbocycles. The van der Waals surface area contributed by atoms with E-state index in [-0.39, 0.29) is 12.4 Å². The standard InChI is InChI=1S/C11H15NO3S/c13-8-6-10-2-4-11(5-3-10)12-7-1-9-16(12,14)15/h2-5,13H,1,6-9H2. The molecule has 1 saturated heterocycles. The fourth-order valence-corrected chi connectivity index (χ4v) is 3.45. The lowest BCUT2D eigenvalue weighted by Gasteiger charge is -2.16. The highest BCUT2D eigenvalue weighted by Crippen LogP contribution is 2.24. The van der Waals surface area contributed by atoms with Crippen molar-refractivity contribution in [1.82, 2.24) is 0 Å². The van der Waals surface area contributed by atoms with Gasteiger partial charge in [0.15, 0.2) is 0 Å². The maximum absolute atomic E-state index is 11.7. The second kappa shape index (κ2) is 4.43. The van der Waals surface area contributed by atoms with Gasteiger partial charge in [-0.2, -0.15) is 0 Å². The van der Waals surface area contributed by atoms with Crippen molar-refractivity contribution in [3.63, 3.8) is 0 Å². The molecule has 4 nitrogen and oxygen atoms in total. The second-order valence-electron chi connectivity index (χ2n) is 3.88. The molecule has 0 atom stereocenters. The van der Waals surface area contributed by atoms with Crippen LogP contribution in [-0.4, -0.2) is 32.4 Å². The Morgan fingerprint density at radius 2 is 1.94 bits per heavy atom. The minimum absolute atomic E-state index is 0.112. The topological polar surface area (TPSA) is 57.6 Å². The molecule has 0 amide bonds. The van der Waals surface area contributed by atoms with Crippen molar-refractivity contribution in [2.24, 2.45) is 0 Å². The lowest BCUT2D eigenvalue weighted by Crippen LogP contribution is -2.24. The molecule has 1 aliphatic heterocycles. The minimum Gasteiger partial charge on any atom is -0.396 e. The molecule has 1 aliphatic rings. The lowest BCUT2D eigenvalue weighted by atomic mass is 10.1. The molecule has 16 heavy (non-hydrogen) atoms. The molecule has 0 radical (unpaired) electrons. The van der Waals surface area contributed by atoms with Gasteiger partial charge in [-0.1, -0.05) is 12.1 Å². The fourth-order valence-electron chi connectivity index (χ4n) is 1.89. The van der Waals surface area contributed by atoms with E-state index < -0.39 is 10.0 Å². The van der Waals surface area contributed by atoms with Crippen LogP contribution < -0.4 is 4.31 Å². The third kappa shape index (κ3) is 2.20. The molecule has 1 N–H and O–H groups in total. The van der Waals surface area contributed by atoms with Gasteiger partial charge in [-0.15, -0.1) is 0 Å². The van der Waals surface area contributed by atoms with Gasteiger partial charge in [0.05, 0.1) is 11.4 Å². The van der Waals surface area contributed by atoms with Crippen LogP contribution in [0, 0.1) is 0 Å². The maximum atomic E-state index is 11.7. The van der Waals surface area contributed by atoms with E-state index in [9.17, 15) is 8.42 Å². The van der Waals surface area contributed by atoms with Crippen molar-refractivity contribution >= 4 is 15.7 Å². The second-order valence-corrected chi connectivity index (χ2v) is 5.89. The summed E-state index contributed by atoms with van der Waals surface area (Å²) in [6.07, 6.45) is 1.30. The predicted octanol–water partition coefficient (Wildman–Crippen LogP) is 0.761. The lowest BCUT2D eigenvalue weighted by molar-refractivity contribution is 0.299. The fraction of sp³-hybridized carbons (Fsp3) is 0.455. The summed E-state index contributed by atoms with van der Waals surface area (Å²) in [6.45, 7) is 0.684. The van der Waals surface area contributed by atoms with E-state index in [0.29, 0.717) is 19.4 Å². The van der Waals surface area contributed by atoms with Crippen LogP contribution in [0.5, 0.6) is 0 Å². The highest BCUT2D eigenvalue weighted by Gasteiger charge is 2.28. The number of aliphatic hydroxyl groups excluding tert-OH is 1. The first-order valence-electron chi connectivity index (χ1n) is 5.34. The average molecular weight is 241 g/mol. The number of nitrogens with zero attached hydrogens (tertiary/aromatic N) is 1.